The standard InChI is InChI=1S/C52H55N3O11S.C16H22O3/c1-3-47(56)63-32-12-5-4-11-31-62-41-25-27-42(28-26-41)64-49(58)36-21-23-37(24-22-36)50(59)65-43-29-30-45(66-51(60)38-19-17-35(18-20-38)48(57)61-2)39(33-43)34-53-55(40-13-7-6-8-14-40)52-54-44-15-9-10-16-46(44)67-52;1-3-16(17)19-13-7-5-4-6-12-18-15-10-8-14(2)9-11-15/h3,6-10,13-16,25-30,33-38H,1,4-5,11-12,17-24,31-32H2,2H3;3,8-11H,1,4-7,12-13H2,2H3/b53-34+;. The number of methoxy groups -OCH3 is 1. The number of unbranched alkanes of at least 4 members (excludes halogenated alkanes) is 6. The van der Waals surface area contributed by atoms with Crippen molar-refractivity contribution in [2.24, 2.45) is 28.8 Å². The number of aromatic nitrogens is 1. The summed E-state index contributed by atoms with van der Waals surface area (Å²) in [6.45, 7) is 10.9. The van der Waals surface area contributed by atoms with Crippen molar-refractivity contribution in [3.63, 3.8) is 0 Å². The van der Waals surface area contributed by atoms with Crippen LogP contribution in [0.3, 0.4) is 0 Å². The average molecular weight is 1190 g/mol. The number of carbonyl (C=O) groups excluding carboxylic acids is 6. The highest BCUT2D eigenvalue weighted by atomic mass is 32.1. The summed E-state index contributed by atoms with van der Waals surface area (Å²) < 4.78 is 44.9. The lowest BCUT2D eigenvalue weighted by Crippen LogP contribution is -2.30. The minimum absolute atomic E-state index is 0.233. The molecule has 5 aromatic carbocycles. The van der Waals surface area contributed by atoms with Crippen LogP contribution in [0.15, 0.2) is 152 Å². The molecule has 0 aliphatic heterocycles. The number of anilines is 2. The van der Waals surface area contributed by atoms with Crippen LogP contribution in [-0.2, 0) is 43.0 Å². The van der Waals surface area contributed by atoms with E-state index in [1.54, 1.807) is 53.7 Å². The summed E-state index contributed by atoms with van der Waals surface area (Å²) >= 11 is 1.48. The lowest BCUT2D eigenvalue weighted by Gasteiger charge is -2.26. The molecule has 18 heteroatoms. The number of nitrogens with zero attached hydrogens (tertiary/aromatic N) is 3. The lowest BCUT2D eigenvalue weighted by molar-refractivity contribution is -0.149. The highest BCUT2D eigenvalue weighted by molar-refractivity contribution is 7.22. The minimum atomic E-state index is -0.433. The van der Waals surface area contributed by atoms with Gasteiger partial charge in [-0.15, -0.1) is 0 Å². The summed E-state index contributed by atoms with van der Waals surface area (Å²) in [5.74, 6) is -1.17. The molecule has 454 valence electrons. The summed E-state index contributed by atoms with van der Waals surface area (Å²) in [5, 5.41) is 7.19. The summed E-state index contributed by atoms with van der Waals surface area (Å²) in [4.78, 5) is 79.2. The molecule has 0 unspecified atom stereocenters. The fourth-order valence-corrected chi connectivity index (χ4v) is 10.7. The Hall–Kier alpha value is -8.64. The van der Waals surface area contributed by atoms with E-state index in [0.717, 1.165) is 85.7 Å². The maximum Gasteiger partial charge on any atom is 0.330 e. The molecule has 2 aliphatic rings. The topological polar surface area (TPSA) is 205 Å². The van der Waals surface area contributed by atoms with E-state index in [9.17, 15) is 28.8 Å². The Morgan fingerprint density at radius 3 is 1.51 bits per heavy atom. The molecule has 0 N–H and O–H groups in total. The number of ether oxygens (including phenoxy) is 8. The van der Waals surface area contributed by atoms with Gasteiger partial charge in [0.25, 0.3) is 0 Å². The fraction of sp³-hybridized carbons (Fsp3) is 0.382. The molecule has 8 rings (SSSR count). The van der Waals surface area contributed by atoms with Gasteiger partial charge in [0.05, 0.1) is 79.3 Å². The van der Waals surface area contributed by atoms with Gasteiger partial charge in [-0.2, -0.15) is 5.10 Å². The van der Waals surface area contributed by atoms with Crippen LogP contribution in [0.4, 0.5) is 10.8 Å². The van der Waals surface area contributed by atoms with Crippen molar-refractivity contribution in [2.45, 2.75) is 110 Å². The maximum absolute atomic E-state index is 13.6. The van der Waals surface area contributed by atoms with E-state index in [1.807, 2.05) is 78.9 Å². The number of hydrogen-bond donors (Lipinski definition) is 0. The number of aryl methyl sites for hydroxylation is 1. The van der Waals surface area contributed by atoms with Crippen molar-refractivity contribution in [3.8, 4) is 28.7 Å². The molecule has 0 amide bonds. The Balaban J connectivity index is 0.000000474. The molecule has 1 heterocycles. The normalized spacial score (nSPS) is 16.3. The number of rotatable bonds is 29. The summed E-state index contributed by atoms with van der Waals surface area (Å²) in [6, 6.07) is 37.2. The van der Waals surface area contributed by atoms with Gasteiger partial charge in [0.1, 0.15) is 28.7 Å². The molecular formula is C68H77N3O14S. The third-order valence-corrected chi connectivity index (χ3v) is 15.7. The minimum Gasteiger partial charge on any atom is -0.494 e. The van der Waals surface area contributed by atoms with Gasteiger partial charge in [-0.3, -0.25) is 19.2 Å². The van der Waals surface area contributed by atoms with Gasteiger partial charge in [-0.05, 0) is 189 Å². The second-order valence-electron chi connectivity index (χ2n) is 21.0. The Morgan fingerprint density at radius 2 is 0.988 bits per heavy atom. The smallest absolute Gasteiger partial charge is 0.330 e. The van der Waals surface area contributed by atoms with E-state index < -0.39 is 29.7 Å². The van der Waals surface area contributed by atoms with Gasteiger partial charge in [0.2, 0.25) is 5.13 Å². The predicted octanol–water partition coefficient (Wildman–Crippen LogP) is 14.0. The third kappa shape index (κ3) is 21.2. The quantitative estimate of drug-likeness (QED) is 0.00814. The Bertz CT molecular complexity index is 3150. The highest BCUT2D eigenvalue weighted by Crippen LogP contribution is 2.37. The molecule has 17 nitrogen and oxygen atoms in total. The van der Waals surface area contributed by atoms with Crippen LogP contribution in [-0.4, -0.2) is 80.6 Å². The zero-order chi connectivity index (χ0) is 60.9. The van der Waals surface area contributed by atoms with E-state index in [-0.39, 0.29) is 41.2 Å². The highest BCUT2D eigenvalue weighted by Gasteiger charge is 2.34. The fourth-order valence-electron chi connectivity index (χ4n) is 9.73. The zero-order valence-electron chi connectivity index (χ0n) is 49.1. The van der Waals surface area contributed by atoms with Gasteiger partial charge >= 0.3 is 35.8 Å². The number of hydrogen-bond acceptors (Lipinski definition) is 18. The number of hydrazone groups is 1. The van der Waals surface area contributed by atoms with Crippen LogP contribution >= 0.6 is 11.3 Å². The van der Waals surface area contributed by atoms with Crippen molar-refractivity contribution in [1.82, 2.24) is 4.98 Å². The molecule has 6 aromatic rings. The number of para-hydroxylation sites is 2. The second-order valence-corrected chi connectivity index (χ2v) is 22.0. The van der Waals surface area contributed by atoms with Gasteiger partial charge in [-0.25, -0.2) is 19.6 Å². The van der Waals surface area contributed by atoms with Crippen molar-refractivity contribution in [2.75, 3.05) is 38.5 Å². The van der Waals surface area contributed by atoms with E-state index in [4.69, 9.17) is 48.0 Å². The summed E-state index contributed by atoms with van der Waals surface area (Å²) in [7, 11) is 1.37. The first kappa shape index (κ1) is 64.9. The Morgan fingerprint density at radius 1 is 0.535 bits per heavy atom. The molecule has 2 fully saturated rings. The Labute approximate surface area is 507 Å². The largest absolute Gasteiger partial charge is 0.494 e. The van der Waals surface area contributed by atoms with Crippen LogP contribution in [0, 0.1) is 30.6 Å². The van der Waals surface area contributed by atoms with Gasteiger partial charge in [-0.1, -0.05) is 72.5 Å². The van der Waals surface area contributed by atoms with Crippen LogP contribution < -0.4 is 28.7 Å². The van der Waals surface area contributed by atoms with Crippen molar-refractivity contribution < 1.29 is 66.7 Å². The predicted molar refractivity (Wildman–Crippen MR) is 330 cm³/mol. The molecule has 2 saturated carbocycles. The Kier molecular flexibility index (Phi) is 26.4. The number of benzene rings is 5. The average Bonchev–Trinajstić information content (AvgIpc) is 3.15. The number of thiazole rings is 1. The van der Waals surface area contributed by atoms with Crippen LogP contribution in [0.1, 0.15) is 114 Å². The molecule has 0 spiro atoms. The first-order valence-electron chi connectivity index (χ1n) is 29.5. The number of esters is 6. The molecule has 0 saturated heterocycles. The molecule has 86 heavy (non-hydrogen) atoms. The van der Waals surface area contributed by atoms with Gasteiger partial charge < -0.3 is 37.9 Å². The van der Waals surface area contributed by atoms with Crippen molar-refractivity contribution in [1.29, 1.82) is 0 Å². The van der Waals surface area contributed by atoms with E-state index >= 15 is 0 Å². The van der Waals surface area contributed by atoms with Crippen LogP contribution in [0.5, 0.6) is 28.7 Å². The van der Waals surface area contributed by atoms with Gasteiger partial charge in [0.15, 0.2) is 0 Å². The molecule has 2 aliphatic carbocycles. The molecule has 1 aromatic heterocycles. The van der Waals surface area contributed by atoms with Crippen LogP contribution in [0.2, 0.25) is 0 Å². The SMILES string of the molecule is C=CC(=O)OCCCCCCOc1ccc(C)cc1.C=CC(=O)OCCCCCCOc1ccc(OC(=O)C2CCC(C(=O)Oc3ccc(OC(=O)C4CCC(C(=O)OC)CC4)c(/C=N/N(c4ccccc4)c4nc5ccccc5s4)c3)CC2)cc1. The van der Waals surface area contributed by atoms with E-state index in [2.05, 4.69) is 20.1 Å². The maximum atomic E-state index is 13.6. The lowest BCUT2D eigenvalue weighted by atomic mass is 9.82. The number of carbonyl (C=O) groups is 6. The second kappa shape index (κ2) is 35.0. The first-order valence-corrected chi connectivity index (χ1v) is 30.3. The molecular weight excluding hydrogens is 1110 g/mol. The third-order valence-electron chi connectivity index (χ3n) is 14.7. The molecule has 0 radical (unpaired) electrons. The van der Waals surface area contributed by atoms with Crippen LogP contribution in [0.25, 0.3) is 10.2 Å². The molecule has 0 atom stereocenters. The van der Waals surface area contributed by atoms with Gasteiger partial charge in [0, 0.05) is 17.7 Å². The number of fused-ring (bicyclic) bond motifs is 1. The van der Waals surface area contributed by atoms with Crippen molar-refractivity contribution >= 4 is 74.4 Å². The summed E-state index contributed by atoms with van der Waals surface area (Å²) in [5.41, 5.74) is 3.22. The van der Waals surface area contributed by atoms with Crippen molar-refractivity contribution in [3.05, 3.63) is 158 Å². The zero-order valence-corrected chi connectivity index (χ0v) is 49.9. The van der Waals surface area contributed by atoms with E-state index in [0.29, 0.717) is 93.4 Å². The molecule has 0 bridgehead atoms. The summed E-state index contributed by atoms with van der Waals surface area (Å²) in [6.07, 6.45) is 15.3. The van der Waals surface area contributed by atoms with E-state index in [1.165, 1.54) is 30.1 Å². The first-order chi connectivity index (χ1) is 41.9. The monoisotopic (exact) mass is 1190 g/mol.